The summed E-state index contributed by atoms with van der Waals surface area (Å²) in [5, 5.41) is 11.8. The molecule has 4 nitrogen and oxygen atoms in total. The maximum atomic E-state index is 11.6. The Hall–Kier alpha value is -1.57. The summed E-state index contributed by atoms with van der Waals surface area (Å²) in [6.07, 6.45) is 1.18. The normalized spacial score (nSPS) is 11.7. The first-order valence-electron chi connectivity index (χ1n) is 5.76. The van der Waals surface area contributed by atoms with Gasteiger partial charge in [-0.3, -0.25) is 4.79 Å². The molecule has 1 rings (SSSR count). The molecular formula is C13H16ClN3O. The summed E-state index contributed by atoms with van der Waals surface area (Å²) in [5.41, 5.74) is 6.48. The van der Waals surface area contributed by atoms with Crippen LogP contribution < -0.4 is 11.1 Å². The Morgan fingerprint density at radius 1 is 1.61 bits per heavy atom. The quantitative estimate of drug-likeness (QED) is 0.859. The van der Waals surface area contributed by atoms with Crippen molar-refractivity contribution >= 4 is 23.2 Å². The van der Waals surface area contributed by atoms with Crippen LogP contribution in [0.3, 0.4) is 0 Å². The highest BCUT2D eigenvalue weighted by molar-refractivity contribution is 6.32. The Morgan fingerprint density at radius 3 is 2.89 bits per heavy atom. The summed E-state index contributed by atoms with van der Waals surface area (Å²) in [7, 11) is 0. The number of hydrogen-bond acceptors (Lipinski definition) is 3. The fourth-order valence-corrected chi connectivity index (χ4v) is 1.63. The van der Waals surface area contributed by atoms with Gasteiger partial charge in [0.25, 0.3) is 0 Å². The van der Waals surface area contributed by atoms with E-state index in [0.29, 0.717) is 35.2 Å². The van der Waals surface area contributed by atoms with Crippen LogP contribution in [0, 0.1) is 17.2 Å². The van der Waals surface area contributed by atoms with Gasteiger partial charge in [-0.2, -0.15) is 5.26 Å². The second kappa shape index (κ2) is 7.00. The van der Waals surface area contributed by atoms with Gasteiger partial charge in [-0.05, 0) is 37.1 Å². The van der Waals surface area contributed by atoms with E-state index in [1.165, 1.54) is 0 Å². The minimum Gasteiger partial charge on any atom is -0.330 e. The lowest BCUT2D eigenvalue weighted by Gasteiger charge is -2.09. The van der Waals surface area contributed by atoms with Gasteiger partial charge < -0.3 is 11.1 Å². The molecule has 0 saturated carbocycles. The van der Waals surface area contributed by atoms with Gasteiger partial charge >= 0.3 is 0 Å². The van der Waals surface area contributed by atoms with Crippen molar-refractivity contribution in [1.29, 1.82) is 5.26 Å². The smallest absolute Gasteiger partial charge is 0.224 e. The van der Waals surface area contributed by atoms with E-state index in [0.717, 1.165) is 6.42 Å². The Labute approximate surface area is 112 Å². The van der Waals surface area contributed by atoms with Crippen LogP contribution in [0.25, 0.3) is 0 Å². The molecule has 1 atom stereocenters. The molecule has 0 bridgehead atoms. The van der Waals surface area contributed by atoms with Crippen molar-refractivity contribution in [3.8, 4) is 6.07 Å². The number of nitrogens with zero attached hydrogens (tertiary/aromatic N) is 1. The highest BCUT2D eigenvalue weighted by Gasteiger charge is 2.07. The third kappa shape index (κ3) is 4.36. The van der Waals surface area contributed by atoms with Crippen molar-refractivity contribution in [3.63, 3.8) is 0 Å². The monoisotopic (exact) mass is 265 g/mol. The number of nitriles is 1. The first-order valence-corrected chi connectivity index (χ1v) is 6.14. The maximum Gasteiger partial charge on any atom is 0.224 e. The summed E-state index contributed by atoms with van der Waals surface area (Å²) in [5.74, 6) is 0.261. The van der Waals surface area contributed by atoms with Gasteiger partial charge in [-0.1, -0.05) is 18.5 Å². The molecule has 0 fully saturated rings. The molecule has 18 heavy (non-hydrogen) atoms. The molecular weight excluding hydrogens is 250 g/mol. The number of amides is 1. The zero-order valence-electron chi connectivity index (χ0n) is 10.2. The van der Waals surface area contributed by atoms with Crippen LogP contribution in [0.1, 0.15) is 25.3 Å². The van der Waals surface area contributed by atoms with Gasteiger partial charge in [0, 0.05) is 12.1 Å². The first-order chi connectivity index (χ1) is 8.56. The van der Waals surface area contributed by atoms with Gasteiger partial charge in [0.2, 0.25) is 5.91 Å². The molecule has 0 aliphatic heterocycles. The van der Waals surface area contributed by atoms with E-state index in [2.05, 4.69) is 5.32 Å². The molecule has 0 spiro atoms. The van der Waals surface area contributed by atoms with E-state index in [9.17, 15) is 4.79 Å². The molecule has 96 valence electrons. The van der Waals surface area contributed by atoms with Crippen LogP contribution in [-0.2, 0) is 4.79 Å². The van der Waals surface area contributed by atoms with E-state index in [1.807, 2.05) is 13.0 Å². The topological polar surface area (TPSA) is 78.9 Å². The van der Waals surface area contributed by atoms with Crippen molar-refractivity contribution in [2.24, 2.45) is 11.7 Å². The molecule has 1 unspecified atom stereocenters. The van der Waals surface area contributed by atoms with Gasteiger partial charge in [0.1, 0.15) is 6.07 Å². The molecule has 0 aliphatic carbocycles. The fourth-order valence-electron chi connectivity index (χ4n) is 1.40. The summed E-state index contributed by atoms with van der Waals surface area (Å²) in [4.78, 5) is 11.6. The van der Waals surface area contributed by atoms with E-state index in [4.69, 9.17) is 22.6 Å². The van der Waals surface area contributed by atoms with Crippen molar-refractivity contribution in [2.45, 2.75) is 19.8 Å². The molecule has 0 saturated heterocycles. The van der Waals surface area contributed by atoms with Crippen LogP contribution >= 0.6 is 11.6 Å². The van der Waals surface area contributed by atoms with E-state index in [-0.39, 0.29) is 5.91 Å². The van der Waals surface area contributed by atoms with Gasteiger partial charge in [-0.15, -0.1) is 0 Å². The average molecular weight is 266 g/mol. The predicted molar refractivity (Wildman–Crippen MR) is 72.2 cm³/mol. The summed E-state index contributed by atoms with van der Waals surface area (Å²) in [6, 6.07) is 6.78. The van der Waals surface area contributed by atoms with Crippen molar-refractivity contribution in [1.82, 2.24) is 0 Å². The second-order valence-electron chi connectivity index (χ2n) is 4.23. The van der Waals surface area contributed by atoms with Gasteiger partial charge in [-0.25, -0.2) is 0 Å². The number of benzene rings is 1. The largest absolute Gasteiger partial charge is 0.330 e. The third-order valence-electron chi connectivity index (χ3n) is 2.64. The summed E-state index contributed by atoms with van der Waals surface area (Å²) >= 11 is 5.87. The first kappa shape index (κ1) is 14.5. The number of carbonyl (C=O) groups excluding carboxylic acids is 1. The minimum atomic E-state index is -0.0731. The molecule has 0 radical (unpaired) electrons. The van der Waals surface area contributed by atoms with Crippen LogP contribution in [0.15, 0.2) is 18.2 Å². The summed E-state index contributed by atoms with van der Waals surface area (Å²) < 4.78 is 0. The van der Waals surface area contributed by atoms with Crippen molar-refractivity contribution in [2.75, 3.05) is 11.9 Å². The van der Waals surface area contributed by atoms with E-state index >= 15 is 0 Å². The number of carbonyl (C=O) groups is 1. The molecule has 0 aromatic heterocycles. The van der Waals surface area contributed by atoms with Crippen LogP contribution in [-0.4, -0.2) is 12.5 Å². The van der Waals surface area contributed by atoms with Crippen LogP contribution in [0.2, 0.25) is 5.02 Å². The Bertz CT molecular complexity index is 468. The zero-order chi connectivity index (χ0) is 13.5. The minimum absolute atomic E-state index is 0.0731. The Morgan fingerprint density at radius 2 is 2.33 bits per heavy atom. The van der Waals surface area contributed by atoms with Gasteiger partial charge in [0.15, 0.2) is 0 Å². The SMILES string of the molecule is CC(CN)CCC(=O)Nc1ccc(C#N)c(Cl)c1. The highest BCUT2D eigenvalue weighted by atomic mass is 35.5. The number of anilines is 1. The summed E-state index contributed by atoms with van der Waals surface area (Å²) in [6.45, 7) is 2.59. The van der Waals surface area contributed by atoms with E-state index in [1.54, 1.807) is 18.2 Å². The number of halogens is 1. The lowest BCUT2D eigenvalue weighted by molar-refractivity contribution is -0.116. The number of rotatable bonds is 5. The molecule has 0 aliphatic rings. The lowest BCUT2D eigenvalue weighted by Crippen LogP contribution is -2.16. The highest BCUT2D eigenvalue weighted by Crippen LogP contribution is 2.20. The van der Waals surface area contributed by atoms with E-state index < -0.39 is 0 Å². The number of hydrogen-bond donors (Lipinski definition) is 2. The van der Waals surface area contributed by atoms with Crippen LogP contribution in [0.5, 0.6) is 0 Å². The zero-order valence-corrected chi connectivity index (χ0v) is 11.0. The maximum absolute atomic E-state index is 11.6. The van der Waals surface area contributed by atoms with Gasteiger partial charge in [0.05, 0.1) is 10.6 Å². The molecule has 1 aromatic carbocycles. The fraction of sp³-hybridized carbons (Fsp3) is 0.385. The molecule has 1 amide bonds. The standard InChI is InChI=1S/C13H16ClN3O/c1-9(7-15)2-5-13(18)17-11-4-3-10(8-16)12(14)6-11/h3-4,6,9H,2,5,7,15H2,1H3,(H,17,18). The second-order valence-corrected chi connectivity index (χ2v) is 4.64. The van der Waals surface area contributed by atoms with Crippen LogP contribution in [0.4, 0.5) is 5.69 Å². The molecule has 0 heterocycles. The molecule has 5 heteroatoms. The average Bonchev–Trinajstić information content (AvgIpc) is 2.36. The Kier molecular flexibility index (Phi) is 5.63. The number of nitrogens with one attached hydrogen (secondary N) is 1. The molecule has 3 N–H and O–H groups in total. The predicted octanol–water partition coefficient (Wildman–Crippen LogP) is 2.53. The third-order valence-corrected chi connectivity index (χ3v) is 2.95. The molecule has 1 aromatic rings. The van der Waals surface area contributed by atoms with Crippen molar-refractivity contribution < 1.29 is 4.79 Å². The number of nitrogens with two attached hydrogens (primary N) is 1. The lowest BCUT2D eigenvalue weighted by atomic mass is 10.1. The Balaban J connectivity index is 2.55. The van der Waals surface area contributed by atoms with Crippen molar-refractivity contribution in [3.05, 3.63) is 28.8 Å².